The molecule has 0 aromatic rings. The van der Waals surface area contributed by atoms with Crippen LogP contribution in [0, 0.1) is 0 Å². The van der Waals surface area contributed by atoms with E-state index in [1.807, 2.05) is 23.0 Å². The molecular weight excluding hydrogens is 533 g/mol. The van der Waals surface area contributed by atoms with Gasteiger partial charge in [-0.25, -0.2) is 4.79 Å². The number of hydrogen-bond donors (Lipinski definition) is 2. The lowest BCUT2D eigenvalue weighted by Crippen LogP contribution is -2.59. The Morgan fingerprint density at radius 1 is 0.909 bits per heavy atom. The molecule has 1 saturated heterocycles. The molecule has 0 radical (unpaired) electrons. The summed E-state index contributed by atoms with van der Waals surface area (Å²) in [7, 11) is 1.72. The summed E-state index contributed by atoms with van der Waals surface area (Å²) in [6, 6.07) is -0.622. The fourth-order valence-corrected chi connectivity index (χ4v) is 5.17. The third kappa shape index (κ3) is 8.23. The summed E-state index contributed by atoms with van der Waals surface area (Å²) in [5.74, 6) is -0.0752. The van der Waals surface area contributed by atoms with Crippen LogP contribution in [0.5, 0.6) is 0 Å². The summed E-state index contributed by atoms with van der Waals surface area (Å²) in [6.07, 6.45) is 6.20. The molecule has 7 nitrogen and oxygen atoms in total. The number of carbonyl (C=O) groups excluding carboxylic acids is 2. The molecule has 1 aliphatic rings. The minimum Gasteiger partial charge on any atom is -0.378 e. The number of halogens is 1. The molecule has 2 N–H and O–H groups in total. The number of carbonyl (C=O) groups is 2. The maximum absolute atomic E-state index is 13.4. The monoisotopic (exact) mass is 581 g/mol. The largest absolute Gasteiger partial charge is 0.378 e. The van der Waals surface area contributed by atoms with Gasteiger partial charge >= 0.3 is 6.03 Å². The van der Waals surface area contributed by atoms with Crippen molar-refractivity contribution < 1.29 is 17.4 Å². The molecule has 0 aromatic carbocycles. The van der Waals surface area contributed by atoms with Crippen molar-refractivity contribution in [1.29, 1.82) is 0 Å². The zero-order valence-electron chi connectivity index (χ0n) is 22.4. The first-order chi connectivity index (χ1) is 15.3. The molecule has 194 valence electrons. The Hall–Kier alpha value is -0.610. The second-order valence-electron chi connectivity index (χ2n) is 10.8. The summed E-state index contributed by atoms with van der Waals surface area (Å²) in [4.78, 5) is 28.4. The maximum Gasteiger partial charge on any atom is 0.318 e. The summed E-state index contributed by atoms with van der Waals surface area (Å²) >= 11 is 1.95. The third-order valence-electron chi connectivity index (χ3n) is 7.91. The van der Waals surface area contributed by atoms with E-state index in [-0.39, 0.29) is 23.1 Å². The smallest absolute Gasteiger partial charge is 0.318 e. The van der Waals surface area contributed by atoms with Crippen LogP contribution in [0.3, 0.4) is 0 Å². The van der Waals surface area contributed by atoms with Gasteiger partial charge < -0.3 is 23.3 Å². The molecule has 1 heterocycles. The molecule has 0 aliphatic carbocycles. The van der Waals surface area contributed by atoms with Gasteiger partial charge in [-0.2, -0.15) is 0 Å². The normalized spacial score (nSPS) is 23.7. The van der Waals surface area contributed by atoms with Gasteiger partial charge in [0.05, 0.1) is 11.2 Å². The predicted molar refractivity (Wildman–Crippen MR) is 143 cm³/mol. The van der Waals surface area contributed by atoms with E-state index in [4.69, 9.17) is 7.80 Å². The number of methoxy groups -OCH3 is 1. The fourth-order valence-electron chi connectivity index (χ4n) is 4.71. The molecule has 0 bridgehead atoms. The molecular formula is C25H48IN3O4. The number of rotatable bonds is 13. The highest BCUT2D eigenvalue weighted by molar-refractivity contribution is 14.1. The third-order valence-corrected chi connectivity index (χ3v) is 8.98. The fraction of sp³-hybridized carbons (Fsp3) is 0.920. The van der Waals surface area contributed by atoms with E-state index in [0.717, 1.165) is 32.1 Å². The molecule has 0 spiro atoms. The van der Waals surface area contributed by atoms with Crippen molar-refractivity contribution in [3.63, 3.8) is 0 Å². The van der Waals surface area contributed by atoms with Crippen molar-refractivity contribution in [2.24, 2.45) is 0 Å². The average Bonchev–Trinajstić information content (AvgIpc) is 3.29. The molecule has 5 unspecified atom stereocenters. The minimum absolute atomic E-state index is 0.0752. The van der Waals surface area contributed by atoms with Crippen LogP contribution in [0.25, 0.3) is 0 Å². The van der Waals surface area contributed by atoms with E-state index < -0.39 is 17.1 Å². The number of nitrogens with one attached hydrogen (secondary N) is 2. The van der Waals surface area contributed by atoms with E-state index in [0.29, 0.717) is 25.8 Å². The highest BCUT2D eigenvalue weighted by Gasteiger charge is 2.42. The van der Waals surface area contributed by atoms with Crippen LogP contribution in [0.2, 0.25) is 0 Å². The zero-order valence-corrected chi connectivity index (χ0v) is 24.6. The molecule has 0 aromatic heterocycles. The van der Waals surface area contributed by atoms with Crippen LogP contribution >= 0.6 is 23.0 Å². The Morgan fingerprint density at radius 3 is 1.88 bits per heavy atom. The van der Waals surface area contributed by atoms with Crippen LogP contribution in [-0.4, -0.2) is 58.8 Å². The number of amides is 3. The van der Waals surface area contributed by atoms with E-state index in [2.05, 4.69) is 66.0 Å². The van der Waals surface area contributed by atoms with E-state index in [1.54, 1.807) is 12.0 Å². The molecule has 5 atom stereocenters. The lowest BCUT2D eigenvalue weighted by molar-refractivity contribution is -0.127. The molecule has 3 amide bonds. The second kappa shape index (κ2) is 12.4. The zero-order chi connectivity index (χ0) is 25.5. The van der Waals surface area contributed by atoms with Gasteiger partial charge in [0.25, 0.3) is 0 Å². The van der Waals surface area contributed by atoms with E-state index >= 15 is 0 Å². The number of hydrogen-bond acceptors (Lipinski definition) is 4. The van der Waals surface area contributed by atoms with Crippen LogP contribution in [0.4, 0.5) is 4.79 Å². The predicted octanol–water partition coefficient (Wildman–Crippen LogP) is 5.74. The Balaban J connectivity index is 2.95. The standard InChI is InChI=1S/C25H48IN3O4/c1-10-22(5,17-24(7,12-3)32-9)27-20(30)19-15-14-16-29(19)21(31)28-23(6,11-2)18-25(8,13-4)33-26/h19H,10-18H2,1-9H3,(H,27,30)(H,28,31). The lowest BCUT2D eigenvalue weighted by atomic mass is 9.83. The Morgan fingerprint density at radius 2 is 1.42 bits per heavy atom. The van der Waals surface area contributed by atoms with Crippen molar-refractivity contribution in [1.82, 2.24) is 15.5 Å². The molecule has 33 heavy (non-hydrogen) atoms. The first-order valence-electron chi connectivity index (χ1n) is 12.5. The van der Waals surface area contributed by atoms with Gasteiger partial charge in [-0.15, -0.1) is 0 Å². The molecule has 0 saturated carbocycles. The quantitative estimate of drug-likeness (QED) is 0.272. The summed E-state index contributed by atoms with van der Waals surface area (Å²) in [6.45, 7) is 17.2. The average molecular weight is 582 g/mol. The number of urea groups is 1. The molecule has 8 heteroatoms. The van der Waals surface area contributed by atoms with E-state index in [9.17, 15) is 9.59 Å². The van der Waals surface area contributed by atoms with Crippen molar-refractivity contribution in [3.8, 4) is 0 Å². The lowest BCUT2D eigenvalue weighted by Gasteiger charge is -2.41. The first-order valence-corrected chi connectivity index (χ1v) is 13.4. The molecule has 1 fully saturated rings. The van der Waals surface area contributed by atoms with Gasteiger partial charge in [0.1, 0.15) is 29.0 Å². The summed E-state index contributed by atoms with van der Waals surface area (Å²) in [5.41, 5.74) is -1.45. The SMILES string of the molecule is CCC(C)(CC(C)(CC)OC)NC(=O)C1CCCN1C(=O)NC(C)(CC)CC(C)(CC)OI. The number of likely N-dealkylation sites (tertiary alicyclic amines) is 1. The van der Waals surface area contributed by atoms with Gasteiger partial charge in [0, 0.05) is 24.7 Å². The number of nitrogens with zero attached hydrogens (tertiary/aromatic N) is 1. The van der Waals surface area contributed by atoms with Gasteiger partial charge in [0.15, 0.2) is 0 Å². The maximum atomic E-state index is 13.4. The highest BCUT2D eigenvalue weighted by Crippen LogP contribution is 2.32. The van der Waals surface area contributed by atoms with E-state index in [1.165, 1.54) is 0 Å². The van der Waals surface area contributed by atoms with Crippen molar-refractivity contribution in [2.45, 2.75) is 135 Å². The van der Waals surface area contributed by atoms with Crippen molar-refractivity contribution in [3.05, 3.63) is 0 Å². The van der Waals surface area contributed by atoms with Gasteiger partial charge in [-0.1, -0.05) is 27.7 Å². The van der Waals surface area contributed by atoms with Crippen molar-refractivity contribution in [2.75, 3.05) is 13.7 Å². The summed E-state index contributed by atoms with van der Waals surface area (Å²) < 4.78 is 11.4. The Labute approximate surface area is 216 Å². The molecule has 1 aliphatic heterocycles. The highest BCUT2D eigenvalue weighted by atomic mass is 127. The van der Waals surface area contributed by atoms with Gasteiger partial charge in [-0.3, -0.25) is 4.79 Å². The van der Waals surface area contributed by atoms with Crippen LogP contribution in [-0.2, 0) is 12.6 Å². The van der Waals surface area contributed by atoms with Gasteiger partial charge in [0.2, 0.25) is 5.91 Å². The number of ether oxygens (including phenoxy) is 1. The minimum atomic E-state index is -0.453. The topological polar surface area (TPSA) is 79.9 Å². The van der Waals surface area contributed by atoms with Crippen LogP contribution < -0.4 is 10.6 Å². The second-order valence-corrected chi connectivity index (χ2v) is 11.3. The Bertz CT molecular complexity index is 600. The van der Waals surface area contributed by atoms with Crippen LogP contribution in [0.15, 0.2) is 0 Å². The Kier molecular flexibility index (Phi) is 11.4. The van der Waals surface area contributed by atoms with Crippen molar-refractivity contribution >= 4 is 34.9 Å². The van der Waals surface area contributed by atoms with Crippen LogP contribution in [0.1, 0.15) is 107 Å². The first kappa shape index (κ1) is 30.4. The van der Waals surface area contributed by atoms with Gasteiger partial charge in [-0.05, 0) is 79.1 Å². The molecule has 1 rings (SSSR count). The summed E-state index contributed by atoms with van der Waals surface area (Å²) in [5, 5.41) is 6.50.